The summed E-state index contributed by atoms with van der Waals surface area (Å²) in [4.78, 5) is 28.7. The lowest BCUT2D eigenvalue weighted by molar-refractivity contribution is 0.0635. The van der Waals surface area contributed by atoms with Crippen molar-refractivity contribution < 1.29 is 19.4 Å². The third kappa shape index (κ3) is 4.51. The first-order valence-corrected chi connectivity index (χ1v) is 8.94. The second-order valence-electron chi connectivity index (χ2n) is 7.08. The molecule has 8 heteroatoms. The average molecular weight is 377 g/mol. The lowest BCUT2D eigenvalue weighted by Gasteiger charge is -2.18. The number of phenols is 1. The molecule has 0 unspecified atom stereocenters. The Kier molecular flexibility index (Phi) is 5.56. The number of aromatic nitrogens is 1. The van der Waals surface area contributed by atoms with E-state index in [0.29, 0.717) is 16.4 Å². The van der Waals surface area contributed by atoms with Crippen LogP contribution in [0.4, 0.5) is 9.93 Å². The molecule has 2 amide bonds. The lowest BCUT2D eigenvalue weighted by atomic mass is 10.0. The van der Waals surface area contributed by atoms with Gasteiger partial charge in [-0.25, -0.2) is 9.78 Å². The number of aromatic hydroxyl groups is 1. The van der Waals surface area contributed by atoms with E-state index in [0.717, 1.165) is 4.88 Å². The molecule has 0 bridgehead atoms. The molecular formula is C18H23N3O4S. The van der Waals surface area contributed by atoms with Gasteiger partial charge in [-0.15, -0.1) is 11.3 Å². The molecule has 1 aromatic heterocycles. The number of rotatable bonds is 4. The van der Waals surface area contributed by atoms with Crippen LogP contribution in [0.25, 0.3) is 11.3 Å². The number of hydrogen-bond acceptors (Lipinski definition) is 6. The van der Waals surface area contributed by atoms with Crippen molar-refractivity contribution in [3.63, 3.8) is 0 Å². The molecule has 140 valence electrons. The van der Waals surface area contributed by atoms with Crippen LogP contribution in [0.3, 0.4) is 0 Å². The fourth-order valence-corrected chi connectivity index (χ4v) is 3.26. The molecule has 0 saturated heterocycles. The van der Waals surface area contributed by atoms with Gasteiger partial charge in [0, 0.05) is 10.4 Å². The summed E-state index contributed by atoms with van der Waals surface area (Å²) in [6, 6.07) is 4.72. The summed E-state index contributed by atoms with van der Waals surface area (Å²) in [6.45, 7) is 9.26. The minimum Gasteiger partial charge on any atom is -0.506 e. The first-order chi connectivity index (χ1) is 12.0. The number of nitrogens with two attached hydrogens (primary N) is 1. The highest BCUT2D eigenvalue weighted by atomic mass is 32.1. The van der Waals surface area contributed by atoms with Crippen molar-refractivity contribution in [3.05, 3.63) is 28.6 Å². The van der Waals surface area contributed by atoms with Gasteiger partial charge >= 0.3 is 6.09 Å². The summed E-state index contributed by atoms with van der Waals surface area (Å²) in [5.41, 5.74) is 5.58. The van der Waals surface area contributed by atoms with Gasteiger partial charge in [0.25, 0.3) is 5.91 Å². The molecule has 0 spiro atoms. The van der Waals surface area contributed by atoms with Crippen LogP contribution in [-0.2, 0) is 4.74 Å². The van der Waals surface area contributed by atoms with Crippen molar-refractivity contribution in [1.29, 1.82) is 0 Å². The summed E-state index contributed by atoms with van der Waals surface area (Å²) in [7, 11) is 0. The standard InChI is InChI=1S/C18H23N3O4S/c1-9(2)14-12(10-7-6-8-11(13(10)22)15(19)23)20-16(26-14)21-17(24)25-18(3,4)5/h6-9,22H,1-5H3,(H2,19,23)(H,20,21,24). The van der Waals surface area contributed by atoms with E-state index in [4.69, 9.17) is 10.5 Å². The smallest absolute Gasteiger partial charge is 0.413 e. The maximum absolute atomic E-state index is 12.0. The Morgan fingerprint density at radius 1 is 1.31 bits per heavy atom. The van der Waals surface area contributed by atoms with Gasteiger partial charge in [0.15, 0.2) is 5.13 Å². The zero-order chi connectivity index (χ0) is 19.6. The van der Waals surface area contributed by atoms with E-state index in [2.05, 4.69) is 10.3 Å². The Morgan fingerprint density at radius 2 is 1.96 bits per heavy atom. The van der Waals surface area contributed by atoms with Crippen molar-refractivity contribution in [1.82, 2.24) is 4.98 Å². The fraction of sp³-hybridized carbons (Fsp3) is 0.389. The lowest BCUT2D eigenvalue weighted by Crippen LogP contribution is -2.27. The van der Waals surface area contributed by atoms with Crippen LogP contribution in [0.2, 0.25) is 0 Å². The quantitative estimate of drug-likeness (QED) is 0.742. The minimum absolute atomic E-state index is 0.0202. The Labute approximate surface area is 156 Å². The molecule has 0 aliphatic rings. The number of carbonyl (C=O) groups is 2. The molecule has 0 radical (unpaired) electrons. The summed E-state index contributed by atoms with van der Waals surface area (Å²) in [6.07, 6.45) is -0.608. The molecular weight excluding hydrogens is 354 g/mol. The number of para-hydroxylation sites is 1. The normalized spacial score (nSPS) is 11.5. The Bertz CT molecular complexity index is 837. The first-order valence-electron chi connectivity index (χ1n) is 8.12. The van der Waals surface area contributed by atoms with Crippen LogP contribution in [0.1, 0.15) is 55.8 Å². The van der Waals surface area contributed by atoms with Gasteiger partial charge < -0.3 is 15.6 Å². The van der Waals surface area contributed by atoms with Crippen molar-refractivity contribution in [3.8, 4) is 17.0 Å². The van der Waals surface area contributed by atoms with Crippen LogP contribution in [0, 0.1) is 0 Å². The SMILES string of the molecule is CC(C)c1sc(NC(=O)OC(C)(C)C)nc1-c1cccc(C(N)=O)c1O. The number of amides is 2. The molecule has 0 fully saturated rings. The highest BCUT2D eigenvalue weighted by molar-refractivity contribution is 7.16. The van der Waals surface area contributed by atoms with E-state index in [1.165, 1.54) is 17.4 Å². The number of thiazole rings is 1. The van der Waals surface area contributed by atoms with E-state index < -0.39 is 17.6 Å². The highest BCUT2D eigenvalue weighted by Gasteiger charge is 2.23. The van der Waals surface area contributed by atoms with Gasteiger partial charge in [0.05, 0.1) is 11.3 Å². The first kappa shape index (κ1) is 19.7. The number of nitrogens with one attached hydrogen (secondary N) is 1. The summed E-state index contributed by atoms with van der Waals surface area (Å²) in [5, 5.41) is 13.4. The monoisotopic (exact) mass is 377 g/mol. The number of primary amides is 1. The van der Waals surface area contributed by atoms with Gasteiger partial charge in [-0.1, -0.05) is 19.9 Å². The number of carbonyl (C=O) groups excluding carboxylic acids is 2. The molecule has 0 atom stereocenters. The largest absolute Gasteiger partial charge is 0.506 e. The Morgan fingerprint density at radius 3 is 2.50 bits per heavy atom. The predicted octanol–water partition coefficient (Wildman–Crippen LogP) is 4.09. The number of benzene rings is 1. The third-order valence-corrected chi connectivity index (χ3v) is 4.61. The summed E-state index contributed by atoms with van der Waals surface area (Å²) in [5.74, 6) is -0.859. The van der Waals surface area contributed by atoms with Crippen molar-refractivity contribution >= 4 is 28.5 Å². The number of nitrogens with zero attached hydrogens (tertiary/aromatic N) is 1. The molecule has 0 aliphatic carbocycles. The van der Waals surface area contributed by atoms with Crippen LogP contribution >= 0.6 is 11.3 Å². The predicted molar refractivity (Wildman–Crippen MR) is 102 cm³/mol. The maximum Gasteiger partial charge on any atom is 0.413 e. The molecule has 7 nitrogen and oxygen atoms in total. The summed E-state index contributed by atoms with van der Waals surface area (Å²) >= 11 is 1.29. The van der Waals surface area contributed by atoms with Gasteiger partial charge in [0.1, 0.15) is 11.4 Å². The van der Waals surface area contributed by atoms with Gasteiger partial charge in [-0.2, -0.15) is 0 Å². The van der Waals surface area contributed by atoms with Crippen LogP contribution in [0.5, 0.6) is 5.75 Å². The number of ether oxygens (including phenoxy) is 1. The molecule has 26 heavy (non-hydrogen) atoms. The Balaban J connectivity index is 2.44. The van der Waals surface area contributed by atoms with E-state index in [1.807, 2.05) is 13.8 Å². The van der Waals surface area contributed by atoms with Crippen LogP contribution in [-0.4, -0.2) is 27.7 Å². The summed E-state index contributed by atoms with van der Waals surface area (Å²) < 4.78 is 5.24. The van der Waals surface area contributed by atoms with E-state index in [9.17, 15) is 14.7 Å². The second kappa shape index (κ2) is 7.33. The minimum atomic E-state index is -0.724. The molecule has 0 aliphatic heterocycles. The zero-order valence-electron chi connectivity index (χ0n) is 15.4. The van der Waals surface area contributed by atoms with Crippen molar-refractivity contribution in [2.24, 2.45) is 5.73 Å². The van der Waals surface area contributed by atoms with Gasteiger partial charge in [-0.3, -0.25) is 10.1 Å². The molecule has 1 aromatic carbocycles. The fourth-order valence-electron chi connectivity index (χ4n) is 2.29. The van der Waals surface area contributed by atoms with E-state index >= 15 is 0 Å². The molecule has 0 saturated carbocycles. The highest BCUT2D eigenvalue weighted by Crippen LogP contribution is 2.40. The topological polar surface area (TPSA) is 115 Å². The molecule has 2 aromatic rings. The van der Waals surface area contributed by atoms with E-state index in [1.54, 1.807) is 32.9 Å². The maximum atomic E-state index is 12.0. The van der Waals surface area contributed by atoms with Crippen molar-refractivity contribution in [2.75, 3.05) is 5.32 Å². The number of anilines is 1. The number of hydrogen-bond donors (Lipinski definition) is 3. The van der Waals surface area contributed by atoms with Gasteiger partial charge in [0.2, 0.25) is 0 Å². The molecule has 1 heterocycles. The third-order valence-electron chi connectivity index (χ3n) is 3.34. The van der Waals surface area contributed by atoms with Crippen molar-refractivity contribution in [2.45, 2.75) is 46.1 Å². The second-order valence-corrected chi connectivity index (χ2v) is 8.11. The Hall–Kier alpha value is -2.61. The van der Waals surface area contributed by atoms with Crippen LogP contribution < -0.4 is 11.1 Å². The van der Waals surface area contributed by atoms with Crippen LogP contribution in [0.15, 0.2) is 18.2 Å². The zero-order valence-corrected chi connectivity index (χ0v) is 16.2. The molecule has 4 N–H and O–H groups in total. The molecule has 2 rings (SSSR count). The average Bonchev–Trinajstić information content (AvgIpc) is 2.88. The van der Waals surface area contributed by atoms with Gasteiger partial charge in [-0.05, 0) is 38.8 Å². The van der Waals surface area contributed by atoms with E-state index in [-0.39, 0.29) is 17.2 Å².